The molecule has 0 saturated heterocycles. The molecular weight excluding hydrogens is 364 g/mol. The molecule has 13 heteroatoms. The van der Waals surface area contributed by atoms with Crippen LogP contribution in [0.3, 0.4) is 0 Å². The number of carbonyl (C=O) groups is 4. The number of ether oxygens (including phenoxy) is 2. The highest BCUT2D eigenvalue weighted by molar-refractivity contribution is 5.84. The van der Waals surface area contributed by atoms with Gasteiger partial charge in [0.15, 0.2) is 24.4 Å². The number of carbonyl (C=O) groups excluding carboxylic acids is 2. The molecule has 0 heterocycles. The number of esters is 2. The highest BCUT2D eigenvalue weighted by Crippen LogP contribution is 2.18. The van der Waals surface area contributed by atoms with Crippen molar-refractivity contribution in [3.05, 3.63) is 0 Å². The Morgan fingerprint density at radius 1 is 0.769 bits per heavy atom. The molecule has 26 heavy (non-hydrogen) atoms. The van der Waals surface area contributed by atoms with Gasteiger partial charge in [-0.25, -0.2) is 19.2 Å². The van der Waals surface area contributed by atoms with Crippen molar-refractivity contribution in [2.45, 2.75) is 31.3 Å². The van der Waals surface area contributed by atoms with Gasteiger partial charge >= 0.3 is 23.9 Å². The van der Waals surface area contributed by atoms with Crippen molar-refractivity contribution in [1.82, 2.24) is 0 Å². The van der Waals surface area contributed by atoms with E-state index in [1.807, 2.05) is 0 Å². The van der Waals surface area contributed by atoms with E-state index in [0.29, 0.717) is 0 Å². The van der Waals surface area contributed by atoms with E-state index in [9.17, 15) is 34.5 Å². The smallest absolute Gasteiger partial charge is 0.338 e. The third-order valence-corrected chi connectivity index (χ3v) is 3.09. The topological polar surface area (TPSA) is 228 Å². The molecule has 0 aromatic carbocycles. The van der Waals surface area contributed by atoms with Gasteiger partial charge in [0.05, 0.1) is 12.0 Å². The van der Waals surface area contributed by atoms with Crippen LogP contribution in [0.15, 0.2) is 0 Å². The van der Waals surface area contributed by atoms with Crippen LogP contribution in [-0.4, -0.2) is 104 Å². The van der Waals surface area contributed by atoms with E-state index in [-0.39, 0.29) is 0 Å². The summed E-state index contributed by atoms with van der Waals surface area (Å²) in [6.45, 7) is -0.913. The van der Waals surface area contributed by atoms with Crippen molar-refractivity contribution in [3.63, 3.8) is 0 Å². The molecule has 4 atom stereocenters. The van der Waals surface area contributed by atoms with Gasteiger partial charge in [0.25, 0.3) is 0 Å². The molecule has 0 radical (unpaired) electrons. The molecule has 0 saturated carbocycles. The fourth-order valence-electron chi connectivity index (χ4n) is 1.32. The van der Waals surface area contributed by atoms with Gasteiger partial charge < -0.3 is 45.2 Å². The molecule has 13 nitrogen and oxygen atoms in total. The first-order valence-corrected chi connectivity index (χ1v) is 6.98. The van der Waals surface area contributed by atoms with Crippen molar-refractivity contribution in [3.8, 4) is 0 Å². The third kappa shape index (κ3) is 6.89. The molecule has 0 aromatic heterocycles. The Morgan fingerprint density at radius 2 is 1.08 bits per heavy atom. The summed E-state index contributed by atoms with van der Waals surface area (Å²) in [4.78, 5) is 43.8. The van der Waals surface area contributed by atoms with Crippen LogP contribution < -0.4 is 0 Å². The maximum Gasteiger partial charge on any atom is 0.338 e. The molecule has 150 valence electrons. The first-order chi connectivity index (χ1) is 11.9. The van der Waals surface area contributed by atoms with Gasteiger partial charge in [-0.3, -0.25) is 0 Å². The summed E-state index contributed by atoms with van der Waals surface area (Å²) in [5.74, 6) is -6.79. The zero-order valence-corrected chi connectivity index (χ0v) is 13.5. The van der Waals surface area contributed by atoms with Crippen molar-refractivity contribution in [1.29, 1.82) is 0 Å². The standard InChI is InChI=1S/C13H20O13/c1-13(2-14,3-25-11(23)7(17)5(15)9(19)20)4-26-12(24)8(18)6(16)10(21)22/h5-8,14-18H,2-4H2,1H3,(H,19,20)(H,21,22). The maximum atomic E-state index is 11.4. The van der Waals surface area contributed by atoms with Crippen LogP contribution in [0, 0.1) is 5.41 Å². The Kier molecular flexibility index (Phi) is 9.09. The molecular formula is C13H20O13. The predicted molar refractivity (Wildman–Crippen MR) is 76.4 cm³/mol. The number of hydrogen-bond donors (Lipinski definition) is 7. The molecule has 4 unspecified atom stereocenters. The first kappa shape index (κ1) is 23.7. The van der Waals surface area contributed by atoms with E-state index in [1.165, 1.54) is 6.92 Å². The molecule has 0 bridgehead atoms. The van der Waals surface area contributed by atoms with E-state index in [4.69, 9.17) is 20.4 Å². The fourth-order valence-corrected chi connectivity index (χ4v) is 1.32. The minimum Gasteiger partial charge on any atom is -0.479 e. The van der Waals surface area contributed by atoms with E-state index >= 15 is 0 Å². The number of aliphatic carboxylic acids is 2. The molecule has 0 aliphatic heterocycles. The van der Waals surface area contributed by atoms with Gasteiger partial charge in [0.1, 0.15) is 13.2 Å². The van der Waals surface area contributed by atoms with E-state index in [1.54, 1.807) is 0 Å². The predicted octanol–water partition coefficient (Wildman–Crippen LogP) is -4.32. The Hall–Kier alpha value is -2.32. The second-order valence-corrected chi connectivity index (χ2v) is 5.64. The number of carboxylic acids is 2. The van der Waals surface area contributed by atoms with Crippen LogP contribution in [0.4, 0.5) is 0 Å². The number of aliphatic hydroxyl groups excluding tert-OH is 5. The minimum absolute atomic E-state index is 0.698. The summed E-state index contributed by atoms with van der Waals surface area (Å²) in [5.41, 5.74) is -1.48. The molecule has 0 spiro atoms. The quantitative estimate of drug-likeness (QED) is 0.167. The zero-order chi connectivity index (χ0) is 20.7. The molecule has 0 fully saturated rings. The Morgan fingerprint density at radius 3 is 1.31 bits per heavy atom. The lowest BCUT2D eigenvalue weighted by atomic mass is 9.94. The molecule has 0 rings (SSSR count). The number of hydrogen-bond acceptors (Lipinski definition) is 11. The molecule has 0 amide bonds. The lowest BCUT2D eigenvalue weighted by Gasteiger charge is -2.27. The summed E-state index contributed by atoms with van der Waals surface area (Å²) in [7, 11) is 0. The number of aliphatic hydroxyl groups is 5. The average molecular weight is 384 g/mol. The minimum atomic E-state index is -2.44. The van der Waals surface area contributed by atoms with Crippen molar-refractivity contribution >= 4 is 23.9 Å². The first-order valence-electron chi connectivity index (χ1n) is 6.98. The van der Waals surface area contributed by atoms with E-state index in [0.717, 1.165) is 0 Å². The van der Waals surface area contributed by atoms with Crippen LogP contribution in [-0.2, 0) is 28.7 Å². The van der Waals surface area contributed by atoms with E-state index < -0.39 is 73.5 Å². The van der Waals surface area contributed by atoms with Crippen molar-refractivity contribution < 1.29 is 64.4 Å². The monoisotopic (exact) mass is 384 g/mol. The summed E-state index contributed by atoms with van der Waals surface area (Å²) in [5, 5.41) is 62.8. The Labute approximate surface area is 146 Å². The Bertz CT molecular complexity index is 488. The number of rotatable bonds is 11. The highest BCUT2D eigenvalue weighted by Gasteiger charge is 2.36. The second-order valence-electron chi connectivity index (χ2n) is 5.64. The van der Waals surface area contributed by atoms with Gasteiger partial charge in [0.2, 0.25) is 0 Å². The average Bonchev–Trinajstić information content (AvgIpc) is 2.61. The van der Waals surface area contributed by atoms with Crippen LogP contribution >= 0.6 is 0 Å². The summed E-state index contributed by atoms with van der Waals surface area (Å²) < 4.78 is 9.08. The summed E-state index contributed by atoms with van der Waals surface area (Å²) in [6.07, 6.45) is -9.67. The van der Waals surface area contributed by atoms with E-state index in [2.05, 4.69) is 9.47 Å². The van der Waals surface area contributed by atoms with Crippen molar-refractivity contribution in [2.24, 2.45) is 5.41 Å². The fraction of sp³-hybridized carbons (Fsp3) is 0.692. The molecule has 7 N–H and O–H groups in total. The largest absolute Gasteiger partial charge is 0.479 e. The highest BCUT2D eigenvalue weighted by atomic mass is 16.6. The van der Waals surface area contributed by atoms with Gasteiger partial charge in [-0.2, -0.15) is 0 Å². The lowest BCUT2D eigenvalue weighted by Crippen LogP contribution is -2.44. The van der Waals surface area contributed by atoms with Gasteiger partial charge in [-0.05, 0) is 0 Å². The summed E-state index contributed by atoms with van der Waals surface area (Å²) in [6, 6.07) is 0. The van der Waals surface area contributed by atoms with Crippen LogP contribution in [0.2, 0.25) is 0 Å². The lowest BCUT2D eigenvalue weighted by molar-refractivity contribution is -0.178. The number of carboxylic acid groups (broad SMARTS) is 2. The van der Waals surface area contributed by atoms with Crippen LogP contribution in [0.5, 0.6) is 0 Å². The van der Waals surface area contributed by atoms with Gasteiger partial charge in [-0.15, -0.1) is 0 Å². The second kappa shape index (κ2) is 9.98. The van der Waals surface area contributed by atoms with Gasteiger partial charge in [-0.1, -0.05) is 6.92 Å². The maximum absolute atomic E-state index is 11.4. The Balaban J connectivity index is 4.70. The third-order valence-electron chi connectivity index (χ3n) is 3.09. The van der Waals surface area contributed by atoms with Gasteiger partial charge in [0, 0.05) is 0 Å². The van der Waals surface area contributed by atoms with Crippen molar-refractivity contribution in [2.75, 3.05) is 19.8 Å². The van der Waals surface area contributed by atoms with Crippen LogP contribution in [0.1, 0.15) is 6.92 Å². The molecule has 0 aliphatic carbocycles. The van der Waals surface area contributed by atoms with Crippen LogP contribution in [0.25, 0.3) is 0 Å². The molecule has 0 aromatic rings. The normalized spacial score (nSPS) is 17.9. The summed E-state index contributed by atoms with van der Waals surface area (Å²) >= 11 is 0. The molecule has 0 aliphatic rings. The SMILES string of the molecule is CC(CO)(COC(=O)C(O)C(O)C(=O)O)COC(=O)C(O)C(O)C(=O)O. The zero-order valence-electron chi connectivity index (χ0n) is 13.5.